The first-order valence-electron chi connectivity index (χ1n) is 6.07. The van der Waals surface area contributed by atoms with Crippen LogP contribution >= 0.6 is 0 Å². The minimum atomic E-state index is -1.14. The van der Waals surface area contributed by atoms with Crippen LogP contribution in [0.4, 0.5) is 0 Å². The Hall–Kier alpha value is 0.0169. The molecule has 0 saturated carbocycles. The second-order valence-electron chi connectivity index (χ2n) is 5.76. The summed E-state index contributed by atoms with van der Waals surface area (Å²) in [6.45, 7) is 7.06. The summed E-state index contributed by atoms with van der Waals surface area (Å²) in [6, 6.07) is 1.02. The van der Waals surface area contributed by atoms with E-state index in [0.29, 0.717) is 6.61 Å². The van der Waals surface area contributed by atoms with E-state index in [0.717, 1.165) is 6.04 Å². The Balaban J connectivity index is 2.35. The molecule has 0 spiro atoms. The Kier molecular flexibility index (Phi) is 5.55. The van der Waals surface area contributed by atoms with Gasteiger partial charge in [0.15, 0.2) is 6.29 Å². The SMILES string of the molecule is C[Si](C)(C)CCOC1C[C@@H](O)[C@H](O)[C@@H](CO)O1. The summed E-state index contributed by atoms with van der Waals surface area (Å²) in [7, 11) is -1.14. The van der Waals surface area contributed by atoms with Gasteiger partial charge >= 0.3 is 0 Å². The van der Waals surface area contributed by atoms with Crippen LogP contribution in [0.15, 0.2) is 0 Å². The Morgan fingerprint density at radius 3 is 2.47 bits per heavy atom. The predicted molar refractivity (Wildman–Crippen MR) is 66.5 cm³/mol. The van der Waals surface area contributed by atoms with E-state index in [-0.39, 0.29) is 13.0 Å². The molecule has 17 heavy (non-hydrogen) atoms. The van der Waals surface area contributed by atoms with Crippen LogP contribution in [0.2, 0.25) is 25.7 Å². The summed E-state index contributed by atoms with van der Waals surface area (Å²) in [4.78, 5) is 0. The molecule has 0 aromatic carbocycles. The van der Waals surface area contributed by atoms with Crippen LogP contribution in [-0.2, 0) is 9.47 Å². The molecule has 3 N–H and O–H groups in total. The average Bonchev–Trinajstić information content (AvgIpc) is 2.21. The minimum absolute atomic E-state index is 0.253. The molecule has 5 nitrogen and oxygen atoms in total. The third-order valence-corrected chi connectivity index (χ3v) is 4.58. The first-order chi connectivity index (χ1) is 7.83. The Bertz CT molecular complexity index is 230. The van der Waals surface area contributed by atoms with Gasteiger partial charge in [-0.3, -0.25) is 0 Å². The van der Waals surface area contributed by atoms with Crippen molar-refractivity contribution in [2.45, 2.75) is 56.7 Å². The van der Waals surface area contributed by atoms with E-state index >= 15 is 0 Å². The highest BCUT2D eigenvalue weighted by Gasteiger charge is 2.36. The first kappa shape index (κ1) is 15.1. The molecule has 6 heteroatoms. The zero-order valence-corrected chi connectivity index (χ0v) is 11.8. The molecule has 102 valence electrons. The van der Waals surface area contributed by atoms with Gasteiger partial charge in [0.25, 0.3) is 0 Å². The van der Waals surface area contributed by atoms with E-state index in [2.05, 4.69) is 19.6 Å². The van der Waals surface area contributed by atoms with Crippen molar-refractivity contribution in [3.63, 3.8) is 0 Å². The maximum Gasteiger partial charge on any atom is 0.160 e. The van der Waals surface area contributed by atoms with Gasteiger partial charge in [0.05, 0.1) is 12.7 Å². The van der Waals surface area contributed by atoms with Gasteiger partial charge in [-0.25, -0.2) is 0 Å². The number of aliphatic hydroxyl groups is 3. The highest BCUT2D eigenvalue weighted by atomic mass is 28.3. The second-order valence-corrected chi connectivity index (χ2v) is 11.4. The van der Waals surface area contributed by atoms with Crippen LogP contribution in [0.5, 0.6) is 0 Å². The van der Waals surface area contributed by atoms with Crippen molar-refractivity contribution in [1.29, 1.82) is 0 Å². The van der Waals surface area contributed by atoms with Crippen molar-refractivity contribution in [1.82, 2.24) is 0 Å². The van der Waals surface area contributed by atoms with Gasteiger partial charge in [-0.15, -0.1) is 0 Å². The number of rotatable bonds is 5. The largest absolute Gasteiger partial charge is 0.394 e. The van der Waals surface area contributed by atoms with Crippen LogP contribution in [0, 0.1) is 0 Å². The van der Waals surface area contributed by atoms with Gasteiger partial charge < -0.3 is 24.8 Å². The lowest BCUT2D eigenvalue weighted by molar-refractivity contribution is -0.255. The van der Waals surface area contributed by atoms with E-state index < -0.39 is 32.7 Å². The van der Waals surface area contributed by atoms with Gasteiger partial charge in [-0.2, -0.15) is 0 Å². The standard InChI is InChI=1S/C11H24O5Si/c1-17(2,3)5-4-15-10-6-8(13)11(14)9(7-12)16-10/h8-14H,4-7H2,1-3H3/t8-,9-,10?,11+/m1/s1. The molecule has 4 atom stereocenters. The number of ether oxygens (including phenoxy) is 2. The lowest BCUT2D eigenvalue weighted by Crippen LogP contribution is -2.50. The van der Waals surface area contributed by atoms with Crippen molar-refractivity contribution in [2.75, 3.05) is 13.2 Å². The van der Waals surface area contributed by atoms with Gasteiger partial charge in [0.1, 0.15) is 12.2 Å². The molecule has 1 aliphatic heterocycles. The summed E-state index contributed by atoms with van der Waals surface area (Å²) in [5.41, 5.74) is 0. The maximum atomic E-state index is 9.60. The Morgan fingerprint density at radius 1 is 1.29 bits per heavy atom. The molecule has 0 amide bonds. The van der Waals surface area contributed by atoms with Crippen molar-refractivity contribution >= 4 is 8.07 Å². The highest BCUT2D eigenvalue weighted by molar-refractivity contribution is 6.76. The lowest BCUT2D eigenvalue weighted by atomic mass is 10.0. The molecule has 1 fully saturated rings. The quantitative estimate of drug-likeness (QED) is 0.617. The smallest absolute Gasteiger partial charge is 0.160 e. The van der Waals surface area contributed by atoms with Crippen LogP contribution in [0.3, 0.4) is 0 Å². The summed E-state index contributed by atoms with van der Waals surface area (Å²) in [5.74, 6) is 0. The van der Waals surface area contributed by atoms with Crippen LogP contribution in [-0.4, -0.2) is 61.2 Å². The molecule has 0 radical (unpaired) electrons. The van der Waals surface area contributed by atoms with Gasteiger partial charge in [0, 0.05) is 21.1 Å². The van der Waals surface area contributed by atoms with E-state index in [9.17, 15) is 10.2 Å². The van der Waals surface area contributed by atoms with E-state index in [1.807, 2.05) is 0 Å². The van der Waals surface area contributed by atoms with E-state index in [4.69, 9.17) is 14.6 Å². The van der Waals surface area contributed by atoms with Gasteiger partial charge in [-0.1, -0.05) is 19.6 Å². The number of hydrogen-bond acceptors (Lipinski definition) is 5. The fourth-order valence-corrected chi connectivity index (χ4v) is 2.40. The molecular weight excluding hydrogens is 240 g/mol. The highest BCUT2D eigenvalue weighted by Crippen LogP contribution is 2.21. The van der Waals surface area contributed by atoms with Crippen molar-refractivity contribution in [3.8, 4) is 0 Å². The summed E-state index contributed by atoms with van der Waals surface area (Å²) < 4.78 is 10.9. The van der Waals surface area contributed by atoms with Crippen LogP contribution in [0.25, 0.3) is 0 Å². The molecule has 0 aromatic heterocycles. The predicted octanol–water partition coefficient (Wildman–Crippen LogP) is 0.170. The Morgan fingerprint density at radius 2 is 1.94 bits per heavy atom. The topological polar surface area (TPSA) is 79.2 Å². The molecular formula is C11H24O5Si. The third kappa shape index (κ3) is 5.03. The third-order valence-electron chi connectivity index (χ3n) is 2.87. The minimum Gasteiger partial charge on any atom is -0.394 e. The summed E-state index contributed by atoms with van der Waals surface area (Å²) in [5, 5.41) is 28.1. The fourth-order valence-electron chi connectivity index (χ4n) is 1.67. The monoisotopic (exact) mass is 264 g/mol. The number of aliphatic hydroxyl groups excluding tert-OH is 3. The van der Waals surface area contributed by atoms with E-state index in [1.165, 1.54) is 0 Å². The summed E-state index contributed by atoms with van der Waals surface area (Å²) in [6.07, 6.45) is -2.95. The fraction of sp³-hybridized carbons (Fsp3) is 1.00. The molecule has 1 saturated heterocycles. The molecule has 0 aromatic rings. The summed E-state index contributed by atoms with van der Waals surface area (Å²) >= 11 is 0. The van der Waals surface area contributed by atoms with Gasteiger partial charge in [0.2, 0.25) is 0 Å². The number of hydrogen-bond donors (Lipinski definition) is 3. The van der Waals surface area contributed by atoms with Crippen molar-refractivity contribution in [2.24, 2.45) is 0 Å². The average molecular weight is 264 g/mol. The molecule has 0 aliphatic carbocycles. The van der Waals surface area contributed by atoms with Crippen LogP contribution in [0.1, 0.15) is 6.42 Å². The van der Waals surface area contributed by atoms with Crippen LogP contribution < -0.4 is 0 Å². The molecule has 1 aliphatic rings. The van der Waals surface area contributed by atoms with E-state index in [1.54, 1.807) is 0 Å². The first-order valence-corrected chi connectivity index (χ1v) is 9.78. The maximum absolute atomic E-state index is 9.60. The normalized spacial score (nSPS) is 34.9. The zero-order valence-electron chi connectivity index (χ0n) is 10.8. The van der Waals surface area contributed by atoms with Crippen molar-refractivity contribution in [3.05, 3.63) is 0 Å². The van der Waals surface area contributed by atoms with Crippen molar-refractivity contribution < 1.29 is 24.8 Å². The molecule has 1 unspecified atom stereocenters. The Labute approximate surface area is 103 Å². The zero-order chi connectivity index (χ0) is 13.1. The van der Waals surface area contributed by atoms with Gasteiger partial charge in [-0.05, 0) is 6.04 Å². The second kappa shape index (κ2) is 6.26. The molecule has 0 bridgehead atoms. The molecule has 1 rings (SSSR count). The lowest BCUT2D eigenvalue weighted by Gasteiger charge is -2.36. The molecule has 1 heterocycles.